The van der Waals surface area contributed by atoms with E-state index >= 15 is 0 Å². The first kappa shape index (κ1) is 15.4. The van der Waals surface area contributed by atoms with Gasteiger partial charge in [0.1, 0.15) is 11.5 Å². The minimum absolute atomic E-state index is 0.0974. The molecule has 0 bridgehead atoms. The molecule has 0 saturated heterocycles. The highest BCUT2D eigenvalue weighted by Crippen LogP contribution is 2.33. The van der Waals surface area contributed by atoms with E-state index in [0.717, 1.165) is 5.56 Å². The van der Waals surface area contributed by atoms with Crippen LogP contribution in [0.4, 0.5) is 18.3 Å². The molecule has 0 aliphatic carbocycles. The van der Waals surface area contributed by atoms with Crippen molar-refractivity contribution < 1.29 is 22.6 Å². The third-order valence-electron chi connectivity index (χ3n) is 2.59. The lowest BCUT2D eigenvalue weighted by atomic mass is 10.2. The standard InChI is InChI=1S/C12H12F3N3O2S/c1-19-8-4-3-7(9(5-8)20-2)6-16-11-18-17-10(21-11)12(13,14)15/h3-5H,6H2,1-2H3,(H,16,18). The lowest BCUT2D eigenvalue weighted by Gasteiger charge is -2.10. The fraction of sp³-hybridized carbons (Fsp3) is 0.333. The van der Waals surface area contributed by atoms with E-state index in [-0.39, 0.29) is 11.7 Å². The summed E-state index contributed by atoms with van der Waals surface area (Å²) >= 11 is 0.456. The molecule has 0 unspecified atom stereocenters. The lowest BCUT2D eigenvalue weighted by Crippen LogP contribution is -2.03. The monoisotopic (exact) mass is 319 g/mol. The predicted molar refractivity (Wildman–Crippen MR) is 71.8 cm³/mol. The van der Waals surface area contributed by atoms with Gasteiger partial charge in [-0.1, -0.05) is 11.3 Å². The summed E-state index contributed by atoms with van der Waals surface area (Å²) in [4.78, 5) is 0. The summed E-state index contributed by atoms with van der Waals surface area (Å²) in [6.07, 6.45) is -4.48. The van der Waals surface area contributed by atoms with Crippen LogP contribution in [0.3, 0.4) is 0 Å². The molecule has 0 aliphatic rings. The minimum atomic E-state index is -4.48. The van der Waals surface area contributed by atoms with Crippen LogP contribution in [0.25, 0.3) is 0 Å². The summed E-state index contributed by atoms with van der Waals surface area (Å²) < 4.78 is 47.5. The van der Waals surface area contributed by atoms with Crippen LogP contribution in [-0.2, 0) is 12.7 Å². The maximum Gasteiger partial charge on any atom is 0.445 e. The molecule has 1 aromatic heterocycles. The topological polar surface area (TPSA) is 56.3 Å². The van der Waals surface area contributed by atoms with E-state index in [0.29, 0.717) is 22.8 Å². The Morgan fingerprint density at radius 1 is 1.19 bits per heavy atom. The first-order valence-electron chi connectivity index (χ1n) is 5.79. The van der Waals surface area contributed by atoms with Crippen molar-refractivity contribution in [3.63, 3.8) is 0 Å². The number of nitrogens with one attached hydrogen (secondary N) is 1. The lowest BCUT2D eigenvalue weighted by molar-refractivity contribution is -0.138. The third-order valence-corrected chi connectivity index (χ3v) is 3.52. The SMILES string of the molecule is COc1ccc(CNc2nnc(C(F)(F)F)s2)c(OC)c1. The Hall–Kier alpha value is -2.03. The summed E-state index contributed by atoms with van der Waals surface area (Å²) in [6, 6.07) is 5.19. The number of anilines is 1. The summed E-state index contributed by atoms with van der Waals surface area (Å²) in [6.45, 7) is 0.264. The van der Waals surface area contributed by atoms with Gasteiger partial charge in [-0.2, -0.15) is 13.2 Å². The van der Waals surface area contributed by atoms with Gasteiger partial charge in [0.2, 0.25) is 10.1 Å². The summed E-state index contributed by atoms with van der Waals surface area (Å²) in [7, 11) is 3.04. The number of rotatable bonds is 5. The average molecular weight is 319 g/mol. The molecule has 5 nitrogen and oxygen atoms in total. The maximum absolute atomic E-state index is 12.4. The number of nitrogens with zero attached hydrogens (tertiary/aromatic N) is 2. The second-order valence-corrected chi connectivity index (χ2v) is 4.92. The molecule has 1 aromatic carbocycles. The first-order chi connectivity index (χ1) is 9.94. The van der Waals surface area contributed by atoms with Crippen LogP contribution < -0.4 is 14.8 Å². The van der Waals surface area contributed by atoms with Gasteiger partial charge in [0.15, 0.2) is 0 Å². The molecule has 0 radical (unpaired) electrons. The molecular formula is C12H12F3N3O2S. The van der Waals surface area contributed by atoms with Gasteiger partial charge in [0, 0.05) is 18.2 Å². The largest absolute Gasteiger partial charge is 0.497 e. The first-order valence-corrected chi connectivity index (χ1v) is 6.61. The molecule has 0 amide bonds. The highest BCUT2D eigenvalue weighted by Gasteiger charge is 2.35. The Morgan fingerprint density at radius 2 is 1.95 bits per heavy atom. The van der Waals surface area contributed by atoms with Gasteiger partial charge in [0.25, 0.3) is 0 Å². The molecule has 114 valence electrons. The highest BCUT2D eigenvalue weighted by molar-refractivity contribution is 7.15. The van der Waals surface area contributed by atoms with Crippen LogP contribution in [0.2, 0.25) is 0 Å². The van der Waals surface area contributed by atoms with Crippen molar-refractivity contribution in [3.05, 3.63) is 28.8 Å². The molecule has 0 spiro atoms. The maximum atomic E-state index is 12.4. The Bertz CT molecular complexity index is 616. The molecule has 0 fully saturated rings. The zero-order valence-corrected chi connectivity index (χ0v) is 12.0. The van der Waals surface area contributed by atoms with Crippen LogP contribution in [0, 0.1) is 0 Å². The van der Waals surface area contributed by atoms with Crippen LogP contribution in [0.1, 0.15) is 10.6 Å². The normalized spacial score (nSPS) is 11.3. The van der Waals surface area contributed by atoms with Crippen molar-refractivity contribution in [2.45, 2.75) is 12.7 Å². The van der Waals surface area contributed by atoms with Gasteiger partial charge in [-0.05, 0) is 12.1 Å². The smallest absolute Gasteiger partial charge is 0.445 e. The molecule has 21 heavy (non-hydrogen) atoms. The zero-order chi connectivity index (χ0) is 15.5. The van der Waals surface area contributed by atoms with Gasteiger partial charge in [0.05, 0.1) is 14.2 Å². The van der Waals surface area contributed by atoms with Crippen LogP contribution in [-0.4, -0.2) is 24.4 Å². The number of aromatic nitrogens is 2. The molecule has 2 rings (SSSR count). The van der Waals surface area contributed by atoms with E-state index in [1.54, 1.807) is 18.2 Å². The fourth-order valence-corrected chi connectivity index (χ4v) is 2.18. The van der Waals surface area contributed by atoms with Crippen molar-refractivity contribution in [3.8, 4) is 11.5 Å². The van der Waals surface area contributed by atoms with E-state index in [9.17, 15) is 13.2 Å². The van der Waals surface area contributed by atoms with Gasteiger partial charge in [-0.15, -0.1) is 10.2 Å². The Kier molecular flexibility index (Phi) is 4.51. The number of ether oxygens (including phenoxy) is 2. The number of benzene rings is 1. The molecule has 2 aromatic rings. The molecule has 1 N–H and O–H groups in total. The fourth-order valence-electron chi connectivity index (χ4n) is 1.58. The second-order valence-electron chi connectivity index (χ2n) is 3.94. The molecule has 9 heteroatoms. The summed E-state index contributed by atoms with van der Waals surface area (Å²) in [5, 5.41) is 8.47. The van der Waals surface area contributed by atoms with E-state index in [1.807, 2.05) is 0 Å². The molecule has 0 aliphatic heterocycles. The van der Waals surface area contributed by atoms with Gasteiger partial charge in [-0.25, -0.2) is 0 Å². The number of hydrogen-bond acceptors (Lipinski definition) is 6. The predicted octanol–water partition coefficient (Wildman–Crippen LogP) is 3.19. The van der Waals surface area contributed by atoms with Crippen LogP contribution >= 0.6 is 11.3 Å². The highest BCUT2D eigenvalue weighted by atomic mass is 32.1. The Balaban J connectivity index is 2.08. The molecular weight excluding hydrogens is 307 g/mol. The van der Waals surface area contributed by atoms with Crippen molar-refractivity contribution in [1.82, 2.24) is 10.2 Å². The van der Waals surface area contributed by atoms with Gasteiger partial charge >= 0.3 is 6.18 Å². The number of methoxy groups -OCH3 is 2. The van der Waals surface area contributed by atoms with E-state index < -0.39 is 11.2 Å². The summed E-state index contributed by atoms with van der Waals surface area (Å²) in [5.41, 5.74) is 0.766. The van der Waals surface area contributed by atoms with Crippen molar-refractivity contribution in [2.24, 2.45) is 0 Å². The van der Waals surface area contributed by atoms with Crippen LogP contribution in [0.5, 0.6) is 11.5 Å². The Labute approximate surface area is 122 Å². The van der Waals surface area contributed by atoms with Crippen molar-refractivity contribution >= 4 is 16.5 Å². The molecule has 0 saturated carbocycles. The second kappa shape index (κ2) is 6.17. The zero-order valence-electron chi connectivity index (χ0n) is 11.2. The van der Waals surface area contributed by atoms with Gasteiger partial charge in [-0.3, -0.25) is 0 Å². The van der Waals surface area contributed by atoms with E-state index in [2.05, 4.69) is 15.5 Å². The number of halogens is 3. The average Bonchev–Trinajstić information content (AvgIpc) is 2.94. The van der Waals surface area contributed by atoms with Crippen molar-refractivity contribution in [1.29, 1.82) is 0 Å². The Morgan fingerprint density at radius 3 is 2.52 bits per heavy atom. The molecule has 1 heterocycles. The minimum Gasteiger partial charge on any atom is -0.497 e. The molecule has 0 atom stereocenters. The van der Waals surface area contributed by atoms with Crippen molar-refractivity contribution in [2.75, 3.05) is 19.5 Å². The van der Waals surface area contributed by atoms with E-state index in [1.165, 1.54) is 14.2 Å². The third kappa shape index (κ3) is 3.75. The van der Waals surface area contributed by atoms with Crippen LogP contribution in [0.15, 0.2) is 18.2 Å². The van der Waals surface area contributed by atoms with E-state index in [4.69, 9.17) is 9.47 Å². The quantitative estimate of drug-likeness (QED) is 0.917. The number of alkyl halides is 3. The summed E-state index contributed by atoms with van der Waals surface area (Å²) in [5.74, 6) is 1.20. The number of hydrogen-bond donors (Lipinski definition) is 1. The van der Waals surface area contributed by atoms with Gasteiger partial charge < -0.3 is 14.8 Å².